The van der Waals surface area contributed by atoms with E-state index < -0.39 is 0 Å². The molecule has 1 amide bonds. The number of fused-ring (bicyclic) bond motifs is 1. The minimum atomic E-state index is -0.152. The lowest BCUT2D eigenvalue weighted by atomic mass is 10.2. The molecule has 0 aliphatic rings. The predicted octanol–water partition coefficient (Wildman–Crippen LogP) is 3.32. The topological polar surface area (TPSA) is 54.9 Å². The number of carbonyl (C=O) groups is 1. The number of nitrogens with zero attached hydrogens (tertiary/aromatic N) is 2. The number of aromatic nitrogens is 2. The van der Waals surface area contributed by atoms with Gasteiger partial charge >= 0.3 is 0 Å². The van der Waals surface area contributed by atoms with Gasteiger partial charge in [0, 0.05) is 24.7 Å². The standard InChI is InChI=1S/C15H12ClN3OS/c16-13-9-10(5-7-17-13)15(20)18-8-6-14-19-11-3-1-2-4-12(11)21-14/h1-5,7,9H,6,8H2,(H,18,20). The van der Waals surface area contributed by atoms with Crippen molar-refractivity contribution in [3.8, 4) is 0 Å². The molecule has 0 fully saturated rings. The number of hydrogen-bond donors (Lipinski definition) is 1. The zero-order valence-electron chi connectivity index (χ0n) is 11.0. The summed E-state index contributed by atoms with van der Waals surface area (Å²) in [5.74, 6) is -0.152. The van der Waals surface area contributed by atoms with Crippen LogP contribution in [0.4, 0.5) is 0 Å². The third-order valence-corrected chi connectivity index (χ3v) is 4.25. The molecule has 0 aliphatic heterocycles. The Balaban J connectivity index is 1.59. The molecule has 2 heterocycles. The van der Waals surface area contributed by atoms with E-state index in [9.17, 15) is 4.79 Å². The number of para-hydroxylation sites is 1. The third-order valence-electron chi connectivity index (χ3n) is 2.95. The molecule has 0 atom stereocenters. The minimum Gasteiger partial charge on any atom is -0.352 e. The highest BCUT2D eigenvalue weighted by Gasteiger charge is 2.07. The number of halogens is 1. The number of pyridine rings is 1. The average Bonchev–Trinajstić information content (AvgIpc) is 2.89. The second-order valence-corrected chi connectivity index (χ2v) is 5.95. The molecule has 21 heavy (non-hydrogen) atoms. The quantitative estimate of drug-likeness (QED) is 0.751. The summed E-state index contributed by atoms with van der Waals surface area (Å²) >= 11 is 7.42. The summed E-state index contributed by atoms with van der Waals surface area (Å²) in [7, 11) is 0. The van der Waals surface area contributed by atoms with Gasteiger partial charge in [0.05, 0.1) is 15.2 Å². The summed E-state index contributed by atoms with van der Waals surface area (Å²) in [4.78, 5) is 20.3. The maximum Gasteiger partial charge on any atom is 0.251 e. The molecule has 3 rings (SSSR count). The van der Waals surface area contributed by atoms with Crippen LogP contribution in [0, 0.1) is 0 Å². The Labute approximate surface area is 130 Å². The van der Waals surface area contributed by atoms with E-state index in [1.54, 1.807) is 23.5 Å². The molecule has 0 saturated carbocycles. The van der Waals surface area contributed by atoms with Crippen molar-refractivity contribution in [3.63, 3.8) is 0 Å². The number of hydrogen-bond acceptors (Lipinski definition) is 4. The van der Waals surface area contributed by atoms with E-state index in [1.807, 2.05) is 24.3 Å². The summed E-state index contributed by atoms with van der Waals surface area (Å²) in [5.41, 5.74) is 1.52. The van der Waals surface area contributed by atoms with Gasteiger partial charge in [-0.05, 0) is 24.3 Å². The molecular weight excluding hydrogens is 306 g/mol. The number of amides is 1. The minimum absolute atomic E-state index is 0.152. The largest absolute Gasteiger partial charge is 0.352 e. The van der Waals surface area contributed by atoms with Crippen molar-refractivity contribution in [1.82, 2.24) is 15.3 Å². The first-order valence-electron chi connectivity index (χ1n) is 6.46. The Morgan fingerprint density at radius 1 is 1.29 bits per heavy atom. The summed E-state index contributed by atoms with van der Waals surface area (Å²) < 4.78 is 1.17. The van der Waals surface area contributed by atoms with Gasteiger partial charge in [-0.25, -0.2) is 9.97 Å². The molecule has 2 aromatic heterocycles. The number of thiazole rings is 1. The van der Waals surface area contributed by atoms with Gasteiger partial charge in [-0.1, -0.05) is 23.7 Å². The predicted molar refractivity (Wildman–Crippen MR) is 84.9 cm³/mol. The summed E-state index contributed by atoms with van der Waals surface area (Å²) in [6, 6.07) is 11.2. The Morgan fingerprint density at radius 3 is 2.95 bits per heavy atom. The number of nitrogens with one attached hydrogen (secondary N) is 1. The Hall–Kier alpha value is -1.98. The van der Waals surface area contributed by atoms with Crippen molar-refractivity contribution >= 4 is 39.1 Å². The highest BCUT2D eigenvalue weighted by atomic mass is 35.5. The summed E-state index contributed by atoms with van der Waals surface area (Å²) in [6.45, 7) is 0.540. The fourth-order valence-electron chi connectivity index (χ4n) is 1.96. The van der Waals surface area contributed by atoms with Crippen LogP contribution in [0.1, 0.15) is 15.4 Å². The molecule has 0 aliphatic carbocycles. The van der Waals surface area contributed by atoms with Crippen molar-refractivity contribution in [2.45, 2.75) is 6.42 Å². The van der Waals surface area contributed by atoms with Crippen molar-refractivity contribution in [1.29, 1.82) is 0 Å². The van der Waals surface area contributed by atoms with E-state index in [0.29, 0.717) is 23.7 Å². The van der Waals surface area contributed by atoms with Gasteiger partial charge < -0.3 is 5.32 Å². The monoisotopic (exact) mass is 317 g/mol. The van der Waals surface area contributed by atoms with Crippen LogP contribution in [-0.2, 0) is 6.42 Å². The van der Waals surface area contributed by atoms with Gasteiger partial charge in [-0.2, -0.15) is 0 Å². The maximum atomic E-state index is 11.9. The Kier molecular flexibility index (Phi) is 4.13. The third kappa shape index (κ3) is 3.37. The molecular formula is C15H12ClN3OS. The van der Waals surface area contributed by atoms with E-state index in [1.165, 1.54) is 10.9 Å². The summed E-state index contributed by atoms with van der Waals surface area (Å²) in [5, 5.41) is 4.19. The second-order valence-electron chi connectivity index (χ2n) is 4.45. The van der Waals surface area contributed by atoms with E-state index in [2.05, 4.69) is 15.3 Å². The van der Waals surface area contributed by atoms with Crippen molar-refractivity contribution in [2.24, 2.45) is 0 Å². The van der Waals surface area contributed by atoms with Crippen LogP contribution in [0.3, 0.4) is 0 Å². The maximum absolute atomic E-state index is 11.9. The van der Waals surface area contributed by atoms with Crippen LogP contribution < -0.4 is 5.32 Å². The second kappa shape index (κ2) is 6.20. The molecule has 0 unspecified atom stereocenters. The molecule has 0 radical (unpaired) electrons. The van der Waals surface area contributed by atoms with Crippen LogP contribution >= 0.6 is 22.9 Å². The van der Waals surface area contributed by atoms with Gasteiger partial charge in [0.1, 0.15) is 5.15 Å². The normalized spacial score (nSPS) is 10.7. The molecule has 3 aromatic rings. The van der Waals surface area contributed by atoms with E-state index in [-0.39, 0.29) is 5.91 Å². The zero-order chi connectivity index (χ0) is 14.7. The number of carbonyl (C=O) groups excluding carboxylic acids is 1. The SMILES string of the molecule is O=C(NCCc1nc2ccccc2s1)c1ccnc(Cl)c1. The zero-order valence-corrected chi connectivity index (χ0v) is 12.6. The first-order valence-corrected chi connectivity index (χ1v) is 7.66. The van der Waals surface area contributed by atoms with Crippen molar-refractivity contribution < 1.29 is 4.79 Å². The van der Waals surface area contributed by atoms with Crippen LogP contribution in [0.15, 0.2) is 42.6 Å². The van der Waals surface area contributed by atoms with Gasteiger partial charge in [0.15, 0.2) is 0 Å². The lowest BCUT2D eigenvalue weighted by molar-refractivity contribution is 0.0954. The first-order chi connectivity index (χ1) is 10.2. The van der Waals surface area contributed by atoms with Gasteiger partial charge in [0.2, 0.25) is 0 Å². The highest BCUT2D eigenvalue weighted by Crippen LogP contribution is 2.21. The van der Waals surface area contributed by atoms with E-state index >= 15 is 0 Å². The van der Waals surface area contributed by atoms with Crippen LogP contribution in [-0.4, -0.2) is 22.4 Å². The molecule has 0 spiro atoms. The van der Waals surface area contributed by atoms with Gasteiger partial charge in [0.25, 0.3) is 5.91 Å². The first kappa shape index (κ1) is 14.0. The highest BCUT2D eigenvalue weighted by molar-refractivity contribution is 7.18. The molecule has 4 nitrogen and oxygen atoms in total. The molecule has 1 aromatic carbocycles. The lowest BCUT2D eigenvalue weighted by Gasteiger charge is -2.03. The van der Waals surface area contributed by atoms with Gasteiger partial charge in [-0.3, -0.25) is 4.79 Å². The lowest BCUT2D eigenvalue weighted by Crippen LogP contribution is -2.25. The van der Waals surface area contributed by atoms with Crippen LogP contribution in [0.5, 0.6) is 0 Å². The van der Waals surface area contributed by atoms with E-state index in [0.717, 1.165) is 10.5 Å². The Morgan fingerprint density at radius 2 is 2.14 bits per heavy atom. The summed E-state index contributed by atoms with van der Waals surface area (Å²) in [6.07, 6.45) is 2.23. The van der Waals surface area contributed by atoms with Crippen LogP contribution in [0.25, 0.3) is 10.2 Å². The van der Waals surface area contributed by atoms with Crippen LogP contribution in [0.2, 0.25) is 5.15 Å². The molecule has 106 valence electrons. The van der Waals surface area contributed by atoms with E-state index in [4.69, 9.17) is 11.6 Å². The fraction of sp³-hybridized carbons (Fsp3) is 0.133. The van der Waals surface area contributed by atoms with Crippen molar-refractivity contribution in [2.75, 3.05) is 6.54 Å². The fourth-order valence-corrected chi connectivity index (χ4v) is 3.10. The molecule has 6 heteroatoms. The van der Waals surface area contributed by atoms with Crippen molar-refractivity contribution in [3.05, 3.63) is 58.3 Å². The smallest absolute Gasteiger partial charge is 0.251 e. The molecule has 0 bridgehead atoms. The molecule has 0 saturated heterocycles. The molecule has 1 N–H and O–H groups in total. The number of benzene rings is 1. The average molecular weight is 318 g/mol. The van der Waals surface area contributed by atoms with Gasteiger partial charge in [-0.15, -0.1) is 11.3 Å². The Bertz CT molecular complexity index is 754. The number of rotatable bonds is 4.